The highest BCUT2D eigenvalue weighted by Crippen LogP contribution is 2.44. The third-order valence-electron chi connectivity index (χ3n) is 3.90. The van der Waals surface area contributed by atoms with E-state index in [0.717, 1.165) is 24.9 Å². The summed E-state index contributed by atoms with van der Waals surface area (Å²) >= 11 is 0. The van der Waals surface area contributed by atoms with Gasteiger partial charge in [0.15, 0.2) is 0 Å². The van der Waals surface area contributed by atoms with Crippen LogP contribution in [0.25, 0.3) is 0 Å². The number of nitrogens with zero attached hydrogens (tertiary/aromatic N) is 1. The maximum absolute atomic E-state index is 6.07. The molecule has 0 bridgehead atoms. The molecule has 0 aromatic carbocycles. The molecule has 2 nitrogen and oxygen atoms in total. The fraction of sp³-hybridized carbons (Fsp3) is 1.00. The Bertz CT molecular complexity index is 181. The van der Waals surface area contributed by atoms with Crippen molar-refractivity contribution in [3.63, 3.8) is 0 Å². The highest BCUT2D eigenvalue weighted by Gasteiger charge is 2.46. The van der Waals surface area contributed by atoms with Gasteiger partial charge in [0.1, 0.15) is 0 Å². The lowest BCUT2D eigenvalue weighted by Gasteiger charge is -2.44. The zero-order chi connectivity index (χ0) is 11.5. The van der Waals surface area contributed by atoms with Crippen molar-refractivity contribution in [3.05, 3.63) is 0 Å². The van der Waals surface area contributed by atoms with Crippen molar-refractivity contribution >= 4 is 0 Å². The van der Waals surface area contributed by atoms with Crippen LogP contribution >= 0.6 is 0 Å². The Labute approximate surface area is 95.2 Å². The minimum absolute atomic E-state index is 0.305. The zero-order valence-electron chi connectivity index (χ0n) is 10.9. The van der Waals surface area contributed by atoms with E-state index in [1.54, 1.807) is 0 Å². The van der Waals surface area contributed by atoms with Gasteiger partial charge in [-0.1, -0.05) is 27.7 Å². The van der Waals surface area contributed by atoms with Gasteiger partial charge in [0, 0.05) is 18.6 Å². The van der Waals surface area contributed by atoms with Crippen LogP contribution in [0.15, 0.2) is 0 Å². The van der Waals surface area contributed by atoms with E-state index in [1.165, 1.54) is 25.8 Å². The van der Waals surface area contributed by atoms with E-state index >= 15 is 0 Å². The molecule has 1 aliphatic carbocycles. The normalized spacial score (nSPS) is 21.0. The first-order chi connectivity index (χ1) is 7.10. The summed E-state index contributed by atoms with van der Waals surface area (Å²) in [4.78, 5) is 2.63. The van der Waals surface area contributed by atoms with Crippen LogP contribution in [0.2, 0.25) is 0 Å². The van der Waals surface area contributed by atoms with Crippen LogP contribution in [-0.4, -0.2) is 30.1 Å². The molecule has 1 aliphatic rings. The summed E-state index contributed by atoms with van der Waals surface area (Å²) in [6, 6.07) is 0. The molecule has 15 heavy (non-hydrogen) atoms. The summed E-state index contributed by atoms with van der Waals surface area (Å²) in [7, 11) is 0. The Balaban J connectivity index is 2.74. The van der Waals surface area contributed by atoms with Crippen molar-refractivity contribution in [2.45, 2.75) is 52.5 Å². The summed E-state index contributed by atoms with van der Waals surface area (Å²) in [5.74, 6) is 1.60. The van der Waals surface area contributed by atoms with Crippen molar-refractivity contribution in [3.8, 4) is 0 Å². The molecule has 1 saturated carbocycles. The second kappa shape index (κ2) is 5.31. The third kappa shape index (κ3) is 2.73. The van der Waals surface area contributed by atoms with Crippen LogP contribution in [0, 0.1) is 11.8 Å². The standard InChI is InChI=1S/C13H28N2/c1-5-13(10-14,12-7-8-12)15(6-2)9-11(3)4/h11-12H,5-10,14H2,1-4H3. The van der Waals surface area contributed by atoms with Crippen molar-refractivity contribution in [2.75, 3.05) is 19.6 Å². The molecule has 0 heterocycles. The van der Waals surface area contributed by atoms with Crippen molar-refractivity contribution in [1.82, 2.24) is 4.90 Å². The molecule has 90 valence electrons. The minimum atomic E-state index is 0.305. The second-order valence-electron chi connectivity index (χ2n) is 5.37. The Hall–Kier alpha value is -0.0800. The van der Waals surface area contributed by atoms with Crippen molar-refractivity contribution in [2.24, 2.45) is 17.6 Å². The van der Waals surface area contributed by atoms with E-state index < -0.39 is 0 Å². The molecule has 0 saturated heterocycles. The van der Waals surface area contributed by atoms with Crippen LogP contribution < -0.4 is 5.73 Å². The fourth-order valence-corrected chi connectivity index (χ4v) is 2.90. The lowest BCUT2D eigenvalue weighted by Crippen LogP contribution is -2.56. The van der Waals surface area contributed by atoms with E-state index in [2.05, 4.69) is 32.6 Å². The van der Waals surface area contributed by atoms with E-state index in [0.29, 0.717) is 5.54 Å². The molecule has 1 atom stereocenters. The SMILES string of the molecule is CCN(CC(C)C)C(CC)(CN)C1CC1. The molecule has 1 unspecified atom stereocenters. The number of hydrogen-bond acceptors (Lipinski definition) is 2. The van der Waals surface area contributed by atoms with Gasteiger partial charge in [0.25, 0.3) is 0 Å². The van der Waals surface area contributed by atoms with Crippen LogP contribution in [0.4, 0.5) is 0 Å². The third-order valence-corrected chi connectivity index (χ3v) is 3.90. The van der Waals surface area contributed by atoms with Gasteiger partial charge in [-0.05, 0) is 37.6 Å². The summed E-state index contributed by atoms with van der Waals surface area (Å²) in [5, 5.41) is 0. The topological polar surface area (TPSA) is 29.3 Å². The van der Waals surface area contributed by atoms with Crippen LogP contribution in [-0.2, 0) is 0 Å². The number of likely N-dealkylation sites (N-methyl/N-ethyl adjacent to an activating group) is 1. The van der Waals surface area contributed by atoms with Gasteiger partial charge >= 0.3 is 0 Å². The Morgan fingerprint density at radius 3 is 2.20 bits per heavy atom. The molecule has 2 N–H and O–H groups in total. The molecular weight excluding hydrogens is 184 g/mol. The number of rotatable bonds is 7. The van der Waals surface area contributed by atoms with E-state index in [-0.39, 0.29) is 0 Å². The highest BCUT2D eigenvalue weighted by atomic mass is 15.2. The van der Waals surface area contributed by atoms with Crippen LogP contribution in [0.1, 0.15) is 47.0 Å². The molecule has 0 aromatic rings. The molecule has 1 fully saturated rings. The summed E-state index contributed by atoms with van der Waals surface area (Å²) < 4.78 is 0. The maximum Gasteiger partial charge on any atom is 0.0357 e. The first kappa shape index (κ1) is 13.0. The molecule has 2 heteroatoms. The molecule has 0 aliphatic heterocycles. The molecule has 0 aromatic heterocycles. The zero-order valence-corrected chi connectivity index (χ0v) is 10.9. The van der Waals surface area contributed by atoms with Gasteiger partial charge in [-0.15, -0.1) is 0 Å². The molecular formula is C13H28N2. The number of nitrogens with two attached hydrogens (primary N) is 1. The largest absolute Gasteiger partial charge is 0.329 e. The molecule has 0 radical (unpaired) electrons. The summed E-state index contributed by atoms with van der Waals surface area (Å²) in [6.45, 7) is 12.3. The molecule has 0 amide bonds. The Morgan fingerprint density at radius 2 is 1.93 bits per heavy atom. The first-order valence-electron chi connectivity index (χ1n) is 6.55. The van der Waals surface area contributed by atoms with Crippen molar-refractivity contribution < 1.29 is 0 Å². The second-order valence-corrected chi connectivity index (χ2v) is 5.37. The van der Waals surface area contributed by atoms with Gasteiger partial charge in [0.2, 0.25) is 0 Å². The van der Waals surface area contributed by atoms with Gasteiger partial charge in [-0.25, -0.2) is 0 Å². The smallest absolute Gasteiger partial charge is 0.0357 e. The van der Waals surface area contributed by atoms with Gasteiger partial charge < -0.3 is 5.73 Å². The monoisotopic (exact) mass is 212 g/mol. The van der Waals surface area contributed by atoms with E-state index in [9.17, 15) is 0 Å². The minimum Gasteiger partial charge on any atom is -0.329 e. The quantitative estimate of drug-likeness (QED) is 0.702. The summed E-state index contributed by atoms with van der Waals surface area (Å²) in [5.41, 5.74) is 6.37. The average molecular weight is 212 g/mol. The van der Waals surface area contributed by atoms with Gasteiger partial charge in [-0.2, -0.15) is 0 Å². The van der Waals surface area contributed by atoms with Crippen molar-refractivity contribution in [1.29, 1.82) is 0 Å². The van der Waals surface area contributed by atoms with E-state index in [1.807, 2.05) is 0 Å². The van der Waals surface area contributed by atoms with Crippen LogP contribution in [0.3, 0.4) is 0 Å². The predicted molar refractivity (Wildman–Crippen MR) is 66.9 cm³/mol. The van der Waals surface area contributed by atoms with Crippen LogP contribution in [0.5, 0.6) is 0 Å². The Kier molecular flexibility index (Phi) is 4.60. The van der Waals surface area contributed by atoms with Gasteiger partial charge in [0.05, 0.1) is 0 Å². The predicted octanol–water partition coefficient (Wildman–Crippen LogP) is 2.48. The fourth-order valence-electron chi connectivity index (χ4n) is 2.90. The summed E-state index contributed by atoms with van der Waals surface area (Å²) in [6.07, 6.45) is 3.98. The van der Waals surface area contributed by atoms with Gasteiger partial charge in [-0.3, -0.25) is 4.90 Å². The lowest BCUT2D eigenvalue weighted by atomic mass is 9.87. The molecule has 0 spiro atoms. The first-order valence-corrected chi connectivity index (χ1v) is 6.55. The van der Waals surface area contributed by atoms with E-state index in [4.69, 9.17) is 5.73 Å². The Morgan fingerprint density at radius 1 is 1.33 bits per heavy atom. The average Bonchev–Trinajstić information content (AvgIpc) is 3.02. The highest BCUT2D eigenvalue weighted by molar-refractivity contribution is 5.02. The maximum atomic E-state index is 6.07. The lowest BCUT2D eigenvalue weighted by molar-refractivity contribution is 0.0620. The number of hydrogen-bond donors (Lipinski definition) is 1. The molecule has 1 rings (SSSR count).